The summed E-state index contributed by atoms with van der Waals surface area (Å²) < 4.78 is 43.8. The SMILES string of the molecule is CCCCCCCCCCCCCOCCOCCOCCOCCOCCOCCOCCOC(=O)CCCCCCCCC. The molecule has 0 aliphatic rings. The number of esters is 1. The average Bonchev–Trinajstić information content (AvgIpc) is 3.06. The van der Waals surface area contributed by atoms with Gasteiger partial charge in [0.15, 0.2) is 0 Å². The highest BCUT2D eigenvalue weighted by Gasteiger charge is 2.03. The molecule has 0 N–H and O–H groups in total. The summed E-state index contributed by atoms with van der Waals surface area (Å²) in [4.78, 5) is 11.7. The predicted molar refractivity (Wildman–Crippen MR) is 186 cm³/mol. The van der Waals surface area contributed by atoms with E-state index in [0.29, 0.717) is 98.9 Å². The summed E-state index contributed by atoms with van der Waals surface area (Å²) >= 11 is 0. The molecule has 0 aliphatic heterocycles. The second kappa shape index (κ2) is 42.2. The van der Waals surface area contributed by atoms with Gasteiger partial charge in [-0.05, 0) is 12.8 Å². The van der Waals surface area contributed by atoms with Crippen LogP contribution in [0, 0.1) is 0 Å². The van der Waals surface area contributed by atoms with Gasteiger partial charge in [-0.1, -0.05) is 117 Å². The van der Waals surface area contributed by atoms with Crippen molar-refractivity contribution < 1.29 is 42.7 Å². The summed E-state index contributed by atoms with van der Waals surface area (Å²) in [6, 6.07) is 0. The molecule has 0 fully saturated rings. The number of rotatable bonds is 41. The number of hydrogen-bond acceptors (Lipinski definition) is 9. The van der Waals surface area contributed by atoms with Crippen LogP contribution in [-0.4, -0.2) is 105 Å². The van der Waals surface area contributed by atoms with E-state index < -0.39 is 0 Å². The first kappa shape index (κ1) is 45.2. The smallest absolute Gasteiger partial charge is 0.305 e. The largest absolute Gasteiger partial charge is 0.463 e. The van der Waals surface area contributed by atoms with Crippen LogP contribution in [-0.2, 0) is 42.7 Å². The Labute approximate surface area is 283 Å². The van der Waals surface area contributed by atoms with Crippen LogP contribution in [0.2, 0.25) is 0 Å². The van der Waals surface area contributed by atoms with Crippen molar-refractivity contribution in [3.63, 3.8) is 0 Å². The molecule has 0 aromatic heterocycles. The molecule has 0 radical (unpaired) electrons. The zero-order chi connectivity index (χ0) is 33.3. The Balaban J connectivity index is 3.09. The lowest BCUT2D eigenvalue weighted by Crippen LogP contribution is -2.15. The standard InChI is InChI=1S/C37H74O9/c1-3-5-7-9-11-12-13-14-16-18-20-22-39-23-24-40-25-26-41-27-28-42-29-30-43-31-32-44-33-34-45-35-36-46-37(38)21-19-17-15-10-8-6-4-2/h3-36H2,1-2H3. The maximum absolute atomic E-state index is 11.7. The Morgan fingerprint density at radius 3 is 0.913 bits per heavy atom. The van der Waals surface area contributed by atoms with Gasteiger partial charge in [-0.3, -0.25) is 4.79 Å². The van der Waals surface area contributed by atoms with E-state index >= 15 is 0 Å². The Morgan fingerprint density at radius 1 is 0.304 bits per heavy atom. The van der Waals surface area contributed by atoms with Gasteiger partial charge in [0.2, 0.25) is 0 Å². The van der Waals surface area contributed by atoms with Crippen molar-refractivity contribution >= 4 is 5.97 Å². The van der Waals surface area contributed by atoms with Gasteiger partial charge in [-0.25, -0.2) is 0 Å². The fourth-order valence-corrected chi connectivity index (χ4v) is 4.80. The Morgan fingerprint density at radius 2 is 0.565 bits per heavy atom. The molecule has 0 aromatic rings. The first-order valence-corrected chi connectivity index (χ1v) is 19.0. The summed E-state index contributed by atoms with van der Waals surface area (Å²) in [5.74, 6) is -0.131. The summed E-state index contributed by atoms with van der Waals surface area (Å²) in [5.41, 5.74) is 0. The normalized spacial score (nSPS) is 11.4. The molecular formula is C37H74O9. The molecule has 0 saturated heterocycles. The van der Waals surface area contributed by atoms with Gasteiger partial charge < -0.3 is 37.9 Å². The summed E-state index contributed by atoms with van der Waals surface area (Å²) in [6.07, 6.45) is 23.7. The van der Waals surface area contributed by atoms with Gasteiger partial charge in [-0.2, -0.15) is 0 Å². The third-order valence-corrected chi connectivity index (χ3v) is 7.60. The second-order valence-corrected chi connectivity index (χ2v) is 11.9. The lowest BCUT2D eigenvalue weighted by molar-refractivity contribution is -0.145. The van der Waals surface area contributed by atoms with Gasteiger partial charge in [0.1, 0.15) is 6.61 Å². The molecule has 0 heterocycles. The minimum atomic E-state index is -0.131. The van der Waals surface area contributed by atoms with Crippen LogP contribution in [0.1, 0.15) is 136 Å². The average molecular weight is 663 g/mol. The highest BCUT2D eigenvalue weighted by atomic mass is 16.6. The van der Waals surface area contributed by atoms with Crippen molar-refractivity contribution in [1.82, 2.24) is 0 Å². The van der Waals surface area contributed by atoms with Gasteiger partial charge in [0.05, 0.1) is 85.9 Å². The Bertz CT molecular complexity index is 565. The minimum Gasteiger partial charge on any atom is -0.463 e. The number of unbranched alkanes of at least 4 members (excludes halogenated alkanes) is 16. The van der Waals surface area contributed by atoms with E-state index in [1.54, 1.807) is 0 Å². The lowest BCUT2D eigenvalue weighted by atomic mass is 10.1. The van der Waals surface area contributed by atoms with Crippen LogP contribution in [0.3, 0.4) is 0 Å². The van der Waals surface area contributed by atoms with Crippen LogP contribution in [0.4, 0.5) is 0 Å². The first-order valence-electron chi connectivity index (χ1n) is 19.0. The second-order valence-electron chi connectivity index (χ2n) is 11.9. The molecule has 276 valence electrons. The van der Waals surface area contributed by atoms with E-state index in [1.165, 1.54) is 96.3 Å². The number of hydrogen-bond donors (Lipinski definition) is 0. The highest BCUT2D eigenvalue weighted by Crippen LogP contribution is 2.11. The monoisotopic (exact) mass is 663 g/mol. The number of carbonyl (C=O) groups excluding carboxylic acids is 1. The molecule has 0 bridgehead atoms. The summed E-state index contributed by atoms with van der Waals surface area (Å²) in [5, 5.41) is 0. The van der Waals surface area contributed by atoms with Crippen molar-refractivity contribution in [2.24, 2.45) is 0 Å². The molecule has 46 heavy (non-hydrogen) atoms. The van der Waals surface area contributed by atoms with Crippen LogP contribution in [0.15, 0.2) is 0 Å². The van der Waals surface area contributed by atoms with Gasteiger partial charge >= 0.3 is 5.97 Å². The van der Waals surface area contributed by atoms with E-state index in [1.807, 2.05) is 0 Å². The molecule has 0 amide bonds. The van der Waals surface area contributed by atoms with Crippen LogP contribution in [0.5, 0.6) is 0 Å². The molecule has 9 heteroatoms. The van der Waals surface area contributed by atoms with Crippen LogP contribution < -0.4 is 0 Å². The van der Waals surface area contributed by atoms with E-state index in [4.69, 9.17) is 37.9 Å². The van der Waals surface area contributed by atoms with Crippen molar-refractivity contribution in [3.8, 4) is 0 Å². The van der Waals surface area contributed by atoms with Gasteiger partial charge in [0, 0.05) is 13.0 Å². The first-order chi connectivity index (χ1) is 22.8. The van der Waals surface area contributed by atoms with Crippen LogP contribution in [0.25, 0.3) is 0 Å². The fourth-order valence-electron chi connectivity index (χ4n) is 4.80. The fraction of sp³-hybridized carbons (Fsp3) is 0.973. The van der Waals surface area contributed by atoms with Crippen molar-refractivity contribution in [3.05, 3.63) is 0 Å². The van der Waals surface area contributed by atoms with E-state index in [9.17, 15) is 4.79 Å². The maximum Gasteiger partial charge on any atom is 0.305 e. The predicted octanol–water partition coefficient (Wildman–Crippen LogP) is 8.10. The molecular weight excluding hydrogens is 588 g/mol. The quantitative estimate of drug-likeness (QED) is 0.0476. The Kier molecular flexibility index (Phi) is 41.5. The van der Waals surface area contributed by atoms with E-state index in [0.717, 1.165) is 25.9 Å². The molecule has 0 rings (SSSR count). The zero-order valence-corrected chi connectivity index (χ0v) is 30.2. The zero-order valence-electron chi connectivity index (χ0n) is 30.2. The third-order valence-electron chi connectivity index (χ3n) is 7.60. The van der Waals surface area contributed by atoms with Gasteiger partial charge in [-0.15, -0.1) is 0 Å². The number of ether oxygens (including phenoxy) is 8. The molecule has 0 atom stereocenters. The lowest BCUT2D eigenvalue weighted by Gasteiger charge is -2.09. The third kappa shape index (κ3) is 41.2. The summed E-state index contributed by atoms with van der Waals surface area (Å²) in [7, 11) is 0. The molecule has 0 aromatic carbocycles. The highest BCUT2D eigenvalue weighted by molar-refractivity contribution is 5.69. The summed E-state index contributed by atoms with van der Waals surface area (Å²) in [6.45, 7) is 12.5. The van der Waals surface area contributed by atoms with Crippen LogP contribution >= 0.6 is 0 Å². The minimum absolute atomic E-state index is 0.131. The molecule has 0 spiro atoms. The topological polar surface area (TPSA) is 90.9 Å². The van der Waals surface area contributed by atoms with Crippen molar-refractivity contribution in [2.45, 2.75) is 136 Å². The number of carbonyl (C=O) groups is 1. The molecule has 0 unspecified atom stereocenters. The molecule has 0 aliphatic carbocycles. The molecule has 9 nitrogen and oxygen atoms in total. The van der Waals surface area contributed by atoms with Gasteiger partial charge in [0.25, 0.3) is 0 Å². The van der Waals surface area contributed by atoms with E-state index in [-0.39, 0.29) is 5.97 Å². The Hall–Kier alpha value is -0.810. The molecule has 0 saturated carbocycles. The van der Waals surface area contributed by atoms with Crippen molar-refractivity contribution in [2.75, 3.05) is 99.1 Å². The van der Waals surface area contributed by atoms with E-state index in [2.05, 4.69) is 13.8 Å². The maximum atomic E-state index is 11.7. The van der Waals surface area contributed by atoms with Crippen molar-refractivity contribution in [1.29, 1.82) is 0 Å².